The van der Waals surface area contributed by atoms with Crippen LogP contribution in [0.4, 0.5) is 0 Å². The maximum absolute atomic E-state index is 2.36. The smallest absolute Gasteiger partial charge is 0.176 e. The molecule has 0 amide bonds. The van der Waals surface area contributed by atoms with Gasteiger partial charge >= 0.3 is 0 Å². The highest BCUT2D eigenvalue weighted by atomic mass is 15.1. The van der Waals surface area contributed by atoms with Crippen molar-refractivity contribution in [2.24, 2.45) is 0 Å². The first-order valence-electron chi connectivity index (χ1n) is 4.78. The second kappa shape index (κ2) is 4.51. The van der Waals surface area contributed by atoms with Crippen molar-refractivity contribution in [1.29, 1.82) is 0 Å². The minimum Gasteiger partial charge on any atom is -0.302 e. The summed E-state index contributed by atoms with van der Waals surface area (Å²) in [7, 11) is 4.41. The van der Waals surface area contributed by atoms with Gasteiger partial charge in [-0.05, 0) is 19.0 Å². The minimum atomic E-state index is 1.14. The molecule has 0 fully saturated rings. The largest absolute Gasteiger partial charge is 0.302 e. The van der Waals surface area contributed by atoms with E-state index in [9.17, 15) is 0 Å². The molecule has 0 bridgehead atoms. The summed E-state index contributed by atoms with van der Waals surface area (Å²) in [4.78, 5) is 2.36. The average molecular weight is 162 g/mol. The first kappa shape index (κ1) is 9.59. The van der Waals surface area contributed by atoms with Crippen LogP contribution in [-0.4, -0.2) is 32.3 Å². The van der Waals surface area contributed by atoms with Gasteiger partial charge < -0.3 is 4.90 Å². The third-order valence-electron chi connectivity index (χ3n) is 2.21. The van der Waals surface area contributed by atoms with Crippen LogP contribution in [-0.2, 0) is 0 Å². The average Bonchev–Trinajstić information content (AvgIpc) is 2.54. The molecule has 2 heterocycles. The number of hydrogen-bond acceptors (Lipinski definition) is 1. The molecule has 0 aromatic heterocycles. The van der Waals surface area contributed by atoms with Crippen LogP contribution < -0.4 is 0 Å². The molecule has 2 rings (SSSR count). The Morgan fingerprint density at radius 2 is 2.17 bits per heavy atom. The number of rotatable bonds is 0. The fraction of sp³-hybridized carbons (Fsp3) is 0.600. The Labute approximate surface area is 76.4 Å². The number of likely N-dealkylation sites (N-methyl/N-ethyl adjacent to an activating group) is 1. The Bertz CT molecular complexity index is 206. The van der Waals surface area contributed by atoms with Gasteiger partial charge in [-0.2, -0.15) is 0 Å². The summed E-state index contributed by atoms with van der Waals surface area (Å²) in [6.07, 6.45) is 3.46. The molecule has 0 atom stereocenters. The Morgan fingerprint density at radius 1 is 1.42 bits per heavy atom. The molecule has 65 valence electrons. The van der Waals surface area contributed by atoms with Crippen molar-refractivity contribution in [2.45, 2.75) is 20.3 Å². The van der Waals surface area contributed by atoms with Crippen LogP contribution in [0.25, 0.3) is 0 Å². The van der Waals surface area contributed by atoms with Crippen LogP contribution in [0.3, 0.4) is 0 Å². The molecule has 1 nitrogen and oxygen atoms in total. The molecule has 0 spiro atoms. The second-order valence-electron chi connectivity index (χ2n) is 3.06. The van der Waals surface area contributed by atoms with E-state index in [1.165, 1.54) is 18.5 Å². The van der Waals surface area contributed by atoms with E-state index >= 15 is 0 Å². The molecule has 0 aromatic rings. The van der Waals surface area contributed by atoms with Crippen LogP contribution in [0.5, 0.6) is 0 Å². The predicted molar refractivity (Wildman–Crippen MR) is 55.4 cm³/mol. The topological polar surface area (TPSA) is 3.24 Å². The van der Waals surface area contributed by atoms with Crippen molar-refractivity contribution < 1.29 is 0 Å². The van der Waals surface area contributed by atoms with Gasteiger partial charge in [-0.3, -0.25) is 0 Å². The van der Waals surface area contributed by atoms with Crippen LogP contribution in [0.15, 0.2) is 23.1 Å². The molecule has 1 radical (unpaired) electrons. The second-order valence-corrected chi connectivity index (χ2v) is 3.06. The van der Waals surface area contributed by atoms with Gasteiger partial charge in [-0.25, -0.2) is 0 Å². The van der Waals surface area contributed by atoms with Crippen molar-refractivity contribution in [2.75, 3.05) is 20.1 Å². The molecule has 2 aliphatic heterocycles. The number of nitrogens with zero attached hydrogens (tertiary/aromatic N) is 1. The Hall–Kier alpha value is -0.495. The summed E-state index contributed by atoms with van der Waals surface area (Å²) in [5, 5.41) is 0. The number of hydrogen-bond donors (Lipinski definition) is 0. The van der Waals surface area contributed by atoms with E-state index in [4.69, 9.17) is 0 Å². The lowest BCUT2D eigenvalue weighted by molar-refractivity contribution is 0.356. The van der Waals surface area contributed by atoms with Gasteiger partial charge in [-0.15, -0.1) is 5.98 Å². The van der Waals surface area contributed by atoms with E-state index in [0.717, 1.165) is 6.54 Å². The van der Waals surface area contributed by atoms with Crippen molar-refractivity contribution in [3.05, 3.63) is 23.1 Å². The van der Waals surface area contributed by atoms with Gasteiger partial charge in [0.25, 0.3) is 0 Å². The zero-order valence-corrected chi connectivity index (χ0v) is 8.30. The van der Waals surface area contributed by atoms with E-state index < -0.39 is 0 Å². The van der Waals surface area contributed by atoms with Gasteiger partial charge in [0, 0.05) is 13.1 Å². The van der Waals surface area contributed by atoms with E-state index in [1.807, 2.05) is 13.8 Å². The van der Waals surface area contributed by atoms with Gasteiger partial charge in [-0.1, -0.05) is 25.4 Å². The van der Waals surface area contributed by atoms with Crippen LogP contribution in [0.2, 0.25) is 0 Å². The third-order valence-corrected chi connectivity index (χ3v) is 2.21. The van der Waals surface area contributed by atoms with E-state index in [2.05, 4.69) is 31.3 Å². The van der Waals surface area contributed by atoms with Crippen LogP contribution in [0.1, 0.15) is 20.3 Å². The summed E-state index contributed by atoms with van der Waals surface area (Å²) in [6.45, 7) is 6.36. The van der Waals surface area contributed by atoms with Crippen LogP contribution >= 0.6 is 0 Å². The highest BCUT2D eigenvalue weighted by molar-refractivity contribution is 6.52. The molecule has 0 saturated carbocycles. The fourth-order valence-electron chi connectivity index (χ4n) is 1.57. The molecule has 0 aliphatic carbocycles. The fourth-order valence-corrected chi connectivity index (χ4v) is 1.57. The first-order valence-corrected chi connectivity index (χ1v) is 4.78. The zero-order valence-electron chi connectivity index (χ0n) is 8.30. The van der Waals surface area contributed by atoms with E-state index in [-0.39, 0.29) is 0 Å². The van der Waals surface area contributed by atoms with Crippen molar-refractivity contribution in [1.82, 2.24) is 4.90 Å². The lowest BCUT2D eigenvalue weighted by Crippen LogP contribution is -2.27. The molecule has 2 heteroatoms. The van der Waals surface area contributed by atoms with E-state index in [1.54, 1.807) is 5.47 Å². The Morgan fingerprint density at radius 3 is 2.92 bits per heavy atom. The minimum absolute atomic E-state index is 1.14. The molecule has 0 N–H and O–H groups in total. The normalized spacial score (nSPS) is 21.2. The van der Waals surface area contributed by atoms with Crippen molar-refractivity contribution in [3.63, 3.8) is 0 Å². The summed E-state index contributed by atoms with van der Waals surface area (Å²) in [5.41, 5.74) is 3.08. The first-order chi connectivity index (χ1) is 5.86. The monoisotopic (exact) mass is 162 g/mol. The summed E-state index contributed by atoms with van der Waals surface area (Å²) in [6, 6.07) is 0. The molecular weight excluding hydrogens is 145 g/mol. The Balaban J connectivity index is 0.000000336. The standard InChI is InChI=1S/C8H11BN.C2H6/c1-10-5-3-8-7(6-10)2-4-9-8;1-2/h2,4H,3,5-6H2,1H3;1-2H3. The highest BCUT2D eigenvalue weighted by Gasteiger charge is 2.16. The molecular formula is C10H17BN. The summed E-state index contributed by atoms with van der Waals surface area (Å²) >= 11 is 0. The highest BCUT2D eigenvalue weighted by Crippen LogP contribution is 2.20. The lowest BCUT2D eigenvalue weighted by atomic mass is 9.70. The van der Waals surface area contributed by atoms with E-state index in [0.29, 0.717) is 0 Å². The molecule has 0 unspecified atom stereocenters. The molecule has 0 saturated heterocycles. The predicted octanol–water partition coefficient (Wildman–Crippen LogP) is 1.83. The maximum Gasteiger partial charge on any atom is 0.176 e. The molecule has 2 aliphatic rings. The SMILES string of the molecule is CC.CN1CCC2=C(C=C[B]2)C1. The van der Waals surface area contributed by atoms with Crippen molar-refractivity contribution >= 4 is 7.28 Å². The third kappa shape index (κ3) is 2.01. The van der Waals surface area contributed by atoms with Gasteiger partial charge in [0.1, 0.15) is 0 Å². The van der Waals surface area contributed by atoms with Gasteiger partial charge in [0.2, 0.25) is 0 Å². The maximum atomic E-state index is 2.36. The summed E-state index contributed by atoms with van der Waals surface area (Å²) in [5.74, 6) is 2.16. The zero-order chi connectivity index (χ0) is 8.97. The Kier molecular flexibility index (Phi) is 3.61. The lowest BCUT2D eigenvalue weighted by Gasteiger charge is -2.23. The molecule has 12 heavy (non-hydrogen) atoms. The quantitative estimate of drug-likeness (QED) is 0.491. The molecule has 0 aromatic carbocycles. The van der Waals surface area contributed by atoms with Crippen molar-refractivity contribution in [3.8, 4) is 0 Å². The van der Waals surface area contributed by atoms with Gasteiger partial charge in [0.05, 0.1) is 0 Å². The summed E-state index contributed by atoms with van der Waals surface area (Å²) < 4.78 is 0. The van der Waals surface area contributed by atoms with Crippen LogP contribution in [0, 0.1) is 0 Å². The van der Waals surface area contributed by atoms with Gasteiger partial charge in [0.15, 0.2) is 7.28 Å².